The molecule has 0 aliphatic carbocycles. The third-order valence-electron chi connectivity index (χ3n) is 2.97. The van der Waals surface area contributed by atoms with E-state index >= 15 is 0 Å². The first kappa shape index (κ1) is 14.5. The second-order valence-electron chi connectivity index (χ2n) is 4.38. The Morgan fingerprint density at radius 3 is 2.58 bits per heavy atom. The average Bonchev–Trinajstić information content (AvgIpc) is 2.36. The molecule has 0 spiro atoms. The van der Waals surface area contributed by atoms with E-state index in [1.807, 2.05) is 24.3 Å². The summed E-state index contributed by atoms with van der Waals surface area (Å²) in [6.45, 7) is -0.0299. The van der Waals surface area contributed by atoms with Crippen molar-refractivity contribution in [2.75, 3.05) is 6.61 Å². The van der Waals surface area contributed by atoms with E-state index < -0.39 is 0 Å². The van der Waals surface area contributed by atoms with Gasteiger partial charge in [0, 0.05) is 15.4 Å². The van der Waals surface area contributed by atoms with Crippen LogP contribution in [0.3, 0.4) is 0 Å². The number of aliphatic hydroxyl groups excluding tert-OH is 1. The van der Waals surface area contributed by atoms with Gasteiger partial charge in [0.1, 0.15) is 5.82 Å². The number of rotatable bonds is 4. The first-order chi connectivity index (χ1) is 9.10. The molecule has 0 aliphatic heterocycles. The molecule has 2 aromatic rings. The molecule has 0 bridgehead atoms. The molecule has 100 valence electrons. The summed E-state index contributed by atoms with van der Waals surface area (Å²) in [6.07, 6.45) is 0.538. The minimum atomic E-state index is -0.291. The van der Waals surface area contributed by atoms with E-state index in [1.54, 1.807) is 6.07 Å². The van der Waals surface area contributed by atoms with E-state index in [0.29, 0.717) is 15.9 Å². The van der Waals surface area contributed by atoms with Gasteiger partial charge in [-0.2, -0.15) is 0 Å². The highest BCUT2D eigenvalue weighted by Gasteiger charge is 2.15. The van der Waals surface area contributed by atoms with Crippen LogP contribution in [0.2, 0.25) is 5.02 Å². The molecular weight excluding hydrogens is 331 g/mol. The summed E-state index contributed by atoms with van der Waals surface area (Å²) >= 11 is 9.40. The van der Waals surface area contributed by atoms with Crippen molar-refractivity contribution in [2.45, 2.75) is 12.3 Å². The first-order valence-corrected chi connectivity index (χ1v) is 7.07. The van der Waals surface area contributed by atoms with Crippen LogP contribution in [0.15, 0.2) is 46.9 Å². The van der Waals surface area contributed by atoms with E-state index in [9.17, 15) is 9.50 Å². The number of benzene rings is 2. The van der Waals surface area contributed by atoms with Crippen LogP contribution in [0.1, 0.15) is 17.0 Å². The highest BCUT2D eigenvalue weighted by molar-refractivity contribution is 9.10. The molecule has 1 N–H and O–H groups in total. The molecule has 0 saturated carbocycles. The van der Waals surface area contributed by atoms with Crippen molar-refractivity contribution in [1.82, 2.24) is 0 Å². The molecule has 0 aromatic heterocycles. The van der Waals surface area contributed by atoms with Gasteiger partial charge in [0.25, 0.3) is 0 Å². The fourth-order valence-electron chi connectivity index (χ4n) is 2.09. The second-order valence-corrected chi connectivity index (χ2v) is 5.71. The molecule has 4 heteroatoms. The van der Waals surface area contributed by atoms with Crippen LogP contribution in [-0.4, -0.2) is 11.7 Å². The SMILES string of the molecule is OCC(Cc1cc(F)cc(Br)c1)c1ccccc1Cl. The monoisotopic (exact) mass is 342 g/mol. The zero-order valence-electron chi connectivity index (χ0n) is 10.1. The van der Waals surface area contributed by atoms with Gasteiger partial charge in [-0.1, -0.05) is 45.7 Å². The van der Waals surface area contributed by atoms with Crippen molar-refractivity contribution < 1.29 is 9.50 Å². The largest absolute Gasteiger partial charge is 0.396 e. The van der Waals surface area contributed by atoms with Crippen molar-refractivity contribution in [3.63, 3.8) is 0 Å². The van der Waals surface area contributed by atoms with Crippen molar-refractivity contribution in [1.29, 1.82) is 0 Å². The van der Waals surface area contributed by atoms with Crippen molar-refractivity contribution in [3.8, 4) is 0 Å². The summed E-state index contributed by atoms with van der Waals surface area (Å²) < 4.78 is 14.0. The lowest BCUT2D eigenvalue weighted by Gasteiger charge is -2.16. The molecule has 1 unspecified atom stereocenters. The molecular formula is C15H13BrClFO. The minimum absolute atomic E-state index is 0.0299. The van der Waals surface area contributed by atoms with Gasteiger partial charge in [-0.15, -0.1) is 0 Å². The Kier molecular flexibility index (Phi) is 4.97. The van der Waals surface area contributed by atoms with E-state index in [-0.39, 0.29) is 18.3 Å². The van der Waals surface area contributed by atoms with Crippen molar-refractivity contribution in [3.05, 3.63) is 68.9 Å². The predicted molar refractivity (Wildman–Crippen MR) is 79.1 cm³/mol. The van der Waals surface area contributed by atoms with Crippen LogP contribution in [-0.2, 0) is 6.42 Å². The molecule has 0 fully saturated rings. The Labute approximate surface area is 125 Å². The van der Waals surface area contributed by atoms with Crippen LogP contribution in [0.5, 0.6) is 0 Å². The lowest BCUT2D eigenvalue weighted by molar-refractivity contribution is 0.264. The molecule has 0 heterocycles. The molecule has 2 aromatic carbocycles. The lowest BCUT2D eigenvalue weighted by atomic mass is 9.92. The number of aliphatic hydroxyl groups is 1. The fourth-order valence-corrected chi connectivity index (χ4v) is 2.90. The number of hydrogen-bond acceptors (Lipinski definition) is 1. The highest BCUT2D eigenvalue weighted by atomic mass is 79.9. The molecule has 2 rings (SSSR count). The molecule has 1 nitrogen and oxygen atoms in total. The van der Waals surface area contributed by atoms with E-state index in [4.69, 9.17) is 11.6 Å². The Balaban J connectivity index is 2.26. The molecule has 0 radical (unpaired) electrons. The third-order valence-corrected chi connectivity index (χ3v) is 3.77. The summed E-state index contributed by atoms with van der Waals surface area (Å²) in [5.41, 5.74) is 1.71. The molecule has 19 heavy (non-hydrogen) atoms. The molecule has 0 aliphatic rings. The summed E-state index contributed by atoms with van der Waals surface area (Å²) in [6, 6.07) is 12.1. The summed E-state index contributed by atoms with van der Waals surface area (Å²) in [5, 5.41) is 10.2. The summed E-state index contributed by atoms with van der Waals surface area (Å²) in [5.74, 6) is -0.428. The quantitative estimate of drug-likeness (QED) is 0.863. The molecule has 0 saturated heterocycles. The normalized spacial score (nSPS) is 12.4. The first-order valence-electron chi connectivity index (χ1n) is 5.90. The van der Waals surface area contributed by atoms with Crippen LogP contribution < -0.4 is 0 Å². The Morgan fingerprint density at radius 2 is 1.95 bits per heavy atom. The fraction of sp³-hybridized carbons (Fsp3) is 0.200. The maximum Gasteiger partial charge on any atom is 0.124 e. The van der Waals surface area contributed by atoms with E-state index in [1.165, 1.54) is 12.1 Å². The van der Waals surface area contributed by atoms with Gasteiger partial charge in [0.15, 0.2) is 0 Å². The number of hydrogen-bond donors (Lipinski definition) is 1. The predicted octanol–water partition coefficient (Wildman–Crippen LogP) is 4.56. The zero-order valence-corrected chi connectivity index (χ0v) is 12.5. The second kappa shape index (κ2) is 6.51. The molecule has 1 atom stereocenters. The Hall–Kier alpha value is -0.900. The van der Waals surface area contributed by atoms with Gasteiger partial charge in [0.2, 0.25) is 0 Å². The van der Waals surface area contributed by atoms with Gasteiger partial charge in [-0.3, -0.25) is 0 Å². The Bertz CT molecular complexity index is 554. The third kappa shape index (κ3) is 3.78. The summed E-state index contributed by atoms with van der Waals surface area (Å²) in [7, 11) is 0. The van der Waals surface area contributed by atoms with Gasteiger partial charge < -0.3 is 5.11 Å². The maximum atomic E-state index is 13.3. The van der Waals surface area contributed by atoms with Crippen LogP contribution in [0, 0.1) is 5.82 Å². The van der Waals surface area contributed by atoms with Gasteiger partial charge in [0.05, 0.1) is 6.61 Å². The maximum absolute atomic E-state index is 13.3. The minimum Gasteiger partial charge on any atom is -0.396 e. The number of halogens is 3. The zero-order chi connectivity index (χ0) is 13.8. The summed E-state index contributed by atoms with van der Waals surface area (Å²) in [4.78, 5) is 0. The average molecular weight is 344 g/mol. The molecule has 0 amide bonds. The highest BCUT2D eigenvalue weighted by Crippen LogP contribution is 2.28. The van der Waals surface area contributed by atoms with Gasteiger partial charge in [-0.25, -0.2) is 4.39 Å². The van der Waals surface area contributed by atoms with Crippen molar-refractivity contribution >= 4 is 27.5 Å². The topological polar surface area (TPSA) is 20.2 Å². The van der Waals surface area contributed by atoms with E-state index in [0.717, 1.165) is 11.1 Å². The standard InChI is InChI=1S/C15H13BrClFO/c16-12-6-10(7-13(18)8-12)5-11(9-19)14-3-1-2-4-15(14)17/h1-4,6-8,11,19H,5,9H2. The van der Waals surface area contributed by atoms with Gasteiger partial charge >= 0.3 is 0 Å². The van der Waals surface area contributed by atoms with Crippen LogP contribution in [0.25, 0.3) is 0 Å². The van der Waals surface area contributed by atoms with Crippen molar-refractivity contribution in [2.24, 2.45) is 0 Å². The smallest absolute Gasteiger partial charge is 0.124 e. The van der Waals surface area contributed by atoms with Gasteiger partial charge in [-0.05, 0) is 41.8 Å². The van der Waals surface area contributed by atoms with Crippen LogP contribution in [0.4, 0.5) is 4.39 Å². The Morgan fingerprint density at radius 1 is 1.21 bits per heavy atom. The van der Waals surface area contributed by atoms with Crippen LogP contribution >= 0.6 is 27.5 Å². The lowest BCUT2D eigenvalue weighted by Crippen LogP contribution is -2.08. The van der Waals surface area contributed by atoms with E-state index in [2.05, 4.69) is 15.9 Å².